The Kier molecular flexibility index (Phi) is 6.44. The number of nitrogens with zero attached hydrogens (tertiary/aromatic N) is 1. The van der Waals surface area contributed by atoms with Crippen LogP contribution in [0.5, 0.6) is 0 Å². The van der Waals surface area contributed by atoms with E-state index in [0.717, 1.165) is 42.4 Å². The van der Waals surface area contributed by atoms with Crippen molar-refractivity contribution in [2.24, 2.45) is 0 Å². The monoisotopic (exact) mass is 401 g/mol. The van der Waals surface area contributed by atoms with Crippen LogP contribution in [0, 0.1) is 0 Å². The van der Waals surface area contributed by atoms with Crippen LogP contribution in [0.3, 0.4) is 0 Å². The van der Waals surface area contributed by atoms with E-state index in [-0.39, 0.29) is 36.3 Å². The van der Waals surface area contributed by atoms with Gasteiger partial charge < -0.3 is 15.5 Å². The van der Waals surface area contributed by atoms with Crippen molar-refractivity contribution in [1.82, 2.24) is 10.2 Å². The molecular weight excluding hydrogens is 382 g/mol. The van der Waals surface area contributed by atoms with Gasteiger partial charge in [-0.25, -0.2) is 0 Å². The molecule has 0 spiro atoms. The first kappa shape index (κ1) is 18.2. The molecule has 0 aliphatic carbocycles. The Balaban J connectivity index is 0.00000192. The fourth-order valence-corrected chi connectivity index (χ4v) is 3.42. The first-order valence-corrected chi connectivity index (χ1v) is 8.55. The zero-order valence-electron chi connectivity index (χ0n) is 12.8. The Morgan fingerprint density at radius 3 is 2.57 bits per heavy atom. The maximum absolute atomic E-state index is 12.5. The maximum atomic E-state index is 12.5. The van der Waals surface area contributed by atoms with E-state index in [1.807, 2.05) is 24.3 Å². The van der Waals surface area contributed by atoms with E-state index >= 15 is 0 Å². The van der Waals surface area contributed by atoms with Crippen LogP contribution in [0.4, 0.5) is 5.69 Å². The first-order chi connectivity index (χ1) is 10.6. The molecule has 2 fully saturated rings. The minimum Gasteiger partial charge on any atom is -0.329 e. The van der Waals surface area contributed by atoms with Crippen LogP contribution in [-0.4, -0.2) is 41.9 Å². The average molecular weight is 403 g/mol. The molecule has 2 aliphatic rings. The Morgan fingerprint density at radius 2 is 1.91 bits per heavy atom. The lowest BCUT2D eigenvalue weighted by Crippen LogP contribution is -2.49. The summed E-state index contributed by atoms with van der Waals surface area (Å²) in [4.78, 5) is 26.8. The van der Waals surface area contributed by atoms with E-state index in [1.54, 1.807) is 4.90 Å². The van der Waals surface area contributed by atoms with Crippen LogP contribution in [0.1, 0.15) is 25.7 Å². The van der Waals surface area contributed by atoms with Gasteiger partial charge in [0.2, 0.25) is 11.8 Å². The van der Waals surface area contributed by atoms with Crippen molar-refractivity contribution in [3.63, 3.8) is 0 Å². The average Bonchev–Trinajstić information content (AvgIpc) is 3.20. The SMILES string of the molecule is Cl.O=C(Nc1ccc(Br)cc1)C1CCCN1C(=O)C1CCCN1. The lowest BCUT2D eigenvalue weighted by molar-refractivity contribution is -0.138. The van der Waals surface area contributed by atoms with E-state index in [0.29, 0.717) is 6.54 Å². The molecule has 1 aromatic carbocycles. The quantitative estimate of drug-likeness (QED) is 0.817. The van der Waals surface area contributed by atoms with Crippen molar-refractivity contribution in [1.29, 1.82) is 0 Å². The number of amides is 2. The van der Waals surface area contributed by atoms with Crippen molar-refractivity contribution in [2.75, 3.05) is 18.4 Å². The Hall–Kier alpha value is -1.11. The van der Waals surface area contributed by atoms with E-state index in [2.05, 4.69) is 26.6 Å². The Bertz CT molecular complexity index is 561. The van der Waals surface area contributed by atoms with Crippen LogP contribution in [0.2, 0.25) is 0 Å². The summed E-state index contributed by atoms with van der Waals surface area (Å²) in [7, 11) is 0. The van der Waals surface area contributed by atoms with Crippen molar-refractivity contribution >= 4 is 45.8 Å². The molecule has 23 heavy (non-hydrogen) atoms. The third kappa shape index (κ3) is 4.25. The summed E-state index contributed by atoms with van der Waals surface area (Å²) in [6.45, 7) is 1.56. The molecule has 7 heteroatoms. The van der Waals surface area contributed by atoms with E-state index in [1.165, 1.54) is 0 Å². The second-order valence-corrected chi connectivity index (χ2v) is 6.75. The highest BCUT2D eigenvalue weighted by molar-refractivity contribution is 9.10. The molecule has 2 unspecified atom stereocenters. The first-order valence-electron chi connectivity index (χ1n) is 7.75. The maximum Gasteiger partial charge on any atom is 0.247 e. The molecule has 2 heterocycles. The topological polar surface area (TPSA) is 61.4 Å². The standard InChI is InChI=1S/C16H20BrN3O2.ClH/c17-11-5-7-12(8-6-11)19-15(21)14-4-2-10-20(14)16(22)13-3-1-9-18-13;/h5-8,13-14,18H,1-4,9-10H2,(H,19,21);1H. The smallest absolute Gasteiger partial charge is 0.247 e. The summed E-state index contributed by atoms with van der Waals surface area (Å²) >= 11 is 3.37. The predicted molar refractivity (Wildman–Crippen MR) is 95.8 cm³/mol. The van der Waals surface area contributed by atoms with Crippen LogP contribution in [0.25, 0.3) is 0 Å². The minimum atomic E-state index is -0.349. The number of likely N-dealkylation sites (tertiary alicyclic amines) is 1. The molecule has 126 valence electrons. The molecule has 0 saturated carbocycles. The minimum absolute atomic E-state index is 0. The van der Waals surface area contributed by atoms with Crippen molar-refractivity contribution in [3.8, 4) is 0 Å². The van der Waals surface area contributed by atoms with Gasteiger partial charge >= 0.3 is 0 Å². The molecular formula is C16H21BrClN3O2. The molecule has 2 N–H and O–H groups in total. The van der Waals surface area contributed by atoms with Gasteiger partial charge in [-0.05, 0) is 56.5 Å². The third-order valence-corrected chi connectivity index (χ3v) is 4.84. The molecule has 0 aromatic heterocycles. The molecule has 5 nitrogen and oxygen atoms in total. The van der Waals surface area contributed by atoms with Crippen molar-refractivity contribution in [2.45, 2.75) is 37.8 Å². The largest absolute Gasteiger partial charge is 0.329 e. The zero-order chi connectivity index (χ0) is 15.5. The summed E-state index contributed by atoms with van der Waals surface area (Å²) in [5, 5.41) is 6.13. The molecule has 2 aliphatic heterocycles. The van der Waals surface area contributed by atoms with Gasteiger partial charge in [0.05, 0.1) is 6.04 Å². The van der Waals surface area contributed by atoms with E-state index < -0.39 is 0 Å². The van der Waals surface area contributed by atoms with Crippen molar-refractivity contribution in [3.05, 3.63) is 28.7 Å². The predicted octanol–water partition coefficient (Wildman–Crippen LogP) is 2.55. The normalized spacial score (nSPS) is 23.4. The number of anilines is 1. The van der Waals surface area contributed by atoms with E-state index in [4.69, 9.17) is 0 Å². The number of halogens is 2. The Morgan fingerprint density at radius 1 is 1.17 bits per heavy atom. The van der Waals surface area contributed by atoms with Gasteiger partial charge in [0.1, 0.15) is 6.04 Å². The summed E-state index contributed by atoms with van der Waals surface area (Å²) in [5.41, 5.74) is 0.756. The van der Waals surface area contributed by atoms with Gasteiger partial charge in [-0.3, -0.25) is 9.59 Å². The Labute approximate surface area is 150 Å². The number of benzene rings is 1. The summed E-state index contributed by atoms with van der Waals surface area (Å²) in [5.74, 6) is -0.0166. The van der Waals surface area contributed by atoms with Crippen LogP contribution in [0.15, 0.2) is 28.7 Å². The number of nitrogens with one attached hydrogen (secondary N) is 2. The van der Waals surface area contributed by atoms with Gasteiger partial charge in [0.15, 0.2) is 0 Å². The molecule has 3 rings (SSSR count). The van der Waals surface area contributed by atoms with Crippen LogP contribution >= 0.6 is 28.3 Å². The molecule has 2 saturated heterocycles. The number of hydrogen-bond donors (Lipinski definition) is 2. The number of hydrogen-bond acceptors (Lipinski definition) is 3. The lowest BCUT2D eigenvalue weighted by atomic mass is 10.1. The number of carbonyl (C=O) groups is 2. The third-order valence-electron chi connectivity index (χ3n) is 4.31. The highest BCUT2D eigenvalue weighted by Gasteiger charge is 2.37. The van der Waals surface area contributed by atoms with Gasteiger partial charge in [-0.15, -0.1) is 12.4 Å². The second kappa shape index (κ2) is 8.13. The second-order valence-electron chi connectivity index (χ2n) is 5.83. The van der Waals surface area contributed by atoms with Crippen molar-refractivity contribution < 1.29 is 9.59 Å². The highest BCUT2D eigenvalue weighted by atomic mass is 79.9. The summed E-state index contributed by atoms with van der Waals surface area (Å²) < 4.78 is 0.968. The highest BCUT2D eigenvalue weighted by Crippen LogP contribution is 2.22. The van der Waals surface area contributed by atoms with Crippen LogP contribution in [-0.2, 0) is 9.59 Å². The van der Waals surface area contributed by atoms with Gasteiger partial charge in [-0.1, -0.05) is 15.9 Å². The van der Waals surface area contributed by atoms with Gasteiger partial charge in [0.25, 0.3) is 0 Å². The molecule has 2 atom stereocenters. The number of carbonyl (C=O) groups excluding carboxylic acids is 2. The van der Waals surface area contributed by atoms with Crippen LogP contribution < -0.4 is 10.6 Å². The fourth-order valence-electron chi connectivity index (χ4n) is 3.16. The number of rotatable bonds is 3. The fraction of sp³-hybridized carbons (Fsp3) is 0.500. The molecule has 2 amide bonds. The molecule has 0 radical (unpaired) electrons. The molecule has 0 bridgehead atoms. The van der Waals surface area contributed by atoms with E-state index in [9.17, 15) is 9.59 Å². The summed E-state index contributed by atoms with van der Waals surface area (Å²) in [6.07, 6.45) is 3.52. The molecule has 1 aromatic rings. The lowest BCUT2D eigenvalue weighted by Gasteiger charge is -2.26. The van der Waals surface area contributed by atoms with Gasteiger partial charge in [0, 0.05) is 16.7 Å². The van der Waals surface area contributed by atoms with Gasteiger partial charge in [-0.2, -0.15) is 0 Å². The summed E-state index contributed by atoms with van der Waals surface area (Å²) in [6, 6.07) is 7.01. The zero-order valence-corrected chi connectivity index (χ0v) is 15.2.